The maximum Gasteiger partial charge on any atom is 0.243 e. The van der Waals surface area contributed by atoms with E-state index in [0.717, 1.165) is 52.2 Å². The lowest BCUT2D eigenvalue weighted by Crippen LogP contribution is -2.82. The van der Waals surface area contributed by atoms with E-state index in [9.17, 15) is 4.79 Å². The molecular weight excluding hydrogens is 361 g/mol. The molecule has 2 saturated heterocycles. The van der Waals surface area contributed by atoms with Gasteiger partial charge in [-0.25, -0.2) is 0 Å². The molecule has 3 unspecified atom stereocenters. The van der Waals surface area contributed by atoms with Crippen LogP contribution in [0, 0.1) is 17.3 Å². The van der Waals surface area contributed by atoms with E-state index in [1.54, 1.807) is 0 Å². The standard InChI is InChI=1S/C18H33N3O2.2ClH/c1-13(2)12-20-7-9-21(10-8-20)16(22)18(19)14-6-5-11-23-15(14)17(18,3)4;;/h13-15H,5-12,19H2,1-4H3;2*1H. The summed E-state index contributed by atoms with van der Waals surface area (Å²) in [5.74, 6) is 1.01. The van der Waals surface area contributed by atoms with Gasteiger partial charge in [-0.05, 0) is 18.8 Å². The smallest absolute Gasteiger partial charge is 0.243 e. The van der Waals surface area contributed by atoms with Gasteiger partial charge in [-0.2, -0.15) is 0 Å². The van der Waals surface area contributed by atoms with E-state index in [1.807, 2.05) is 4.90 Å². The van der Waals surface area contributed by atoms with Gasteiger partial charge < -0.3 is 15.4 Å². The van der Waals surface area contributed by atoms with Gasteiger partial charge in [0.25, 0.3) is 0 Å². The first-order chi connectivity index (χ1) is 10.8. The number of amides is 1. The largest absolute Gasteiger partial charge is 0.377 e. The highest BCUT2D eigenvalue weighted by atomic mass is 35.5. The fraction of sp³-hybridized carbons (Fsp3) is 0.944. The minimum atomic E-state index is -0.752. The van der Waals surface area contributed by atoms with Crippen LogP contribution in [0.3, 0.4) is 0 Å². The van der Waals surface area contributed by atoms with Crippen LogP contribution in [0.2, 0.25) is 0 Å². The molecule has 5 nitrogen and oxygen atoms in total. The lowest BCUT2D eigenvalue weighted by molar-refractivity contribution is -0.230. The molecule has 2 aliphatic heterocycles. The number of piperazine rings is 1. The zero-order chi connectivity index (χ0) is 16.8. The topological polar surface area (TPSA) is 58.8 Å². The van der Waals surface area contributed by atoms with Crippen LogP contribution >= 0.6 is 24.8 Å². The van der Waals surface area contributed by atoms with E-state index >= 15 is 0 Å². The van der Waals surface area contributed by atoms with Gasteiger partial charge in [0.1, 0.15) is 5.54 Å². The number of nitrogens with zero attached hydrogens (tertiary/aromatic N) is 2. The molecule has 0 bridgehead atoms. The lowest BCUT2D eigenvalue weighted by Gasteiger charge is -2.66. The summed E-state index contributed by atoms with van der Waals surface area (Å²) in [5.41, 5.74) is 5.71. The van der Waals surface area contributed by atoms with Crippen LogP contribution < -0.4 is 5.73 Å². The molecule has 3 aliphatic rings. The minimum absolute atomic E-state index is 0. The van der Waals surface area contributed by atoms with Gasteiger partial charge in [0.2, 0.25) is 5.91 Å². The van der Waals surface area contributed by atoms with Gasteiger partial charge >= 0.3 is 0 Å². The third-order valence-electron chi connectivity index (χ3n) is 6.32. The van der Waals surface area contributed by atoms with Crippen molar-refractivity contribution in [3.63, 3.8) is 0 Å². The number of carbonyl (C=O) groups excluding carboxylic acids is 1. The normalized spacial score (nSPS) is 34.4. The van der Waals surface area contributed by atoms with E-state index in [-0.39, 0.29) is 48.2 Å². The van der Waals surface area contributed by atoms with Crippen molar-refractivity contribution in [2.24, 2.45) is 23.0 Å². The molecule has 1 amide bonds. The first kappa shape index (κ1) is 23.0. The second-order valence-corrected chi connectivity index (χ2v) is 8.62. The Morgan fingerprint density at radius 3 is 2.36 bits per heavy atom. The first-order valence-corrected chi connectivity index (χ1v) is 9.20. The Morgan fingerprint density at radius 2 is 1.80 bits per heavy atom. The number of ether oxygens (including phenoxy) is 1. The molecule has 0 aromatic heterocycles. The highest BCUT2D eigenvalue weighted by Gasteiger charge is 2.70. The Balaban J connectivity index is 0.00000156. The fourth-order valence-corrected chi connectivity index (χ4v) is 4.92. The Kier molecular flexibility index (Phi) is 7.63. The van der Waals surface area contributed by atoms with Crippen molar-refractivity contribution in [1.82, 2.24) is 9.80 Å². The van der Waals surface area contributed by atoms with Crippen molar-refractivity contribution in [3.05, 3.63) is 0 Å². The van der Waals surface area contributed by atoms with E-state index in [4.69, 9.17) is 10.5 Å². The van der Waals surface area contributed by atoms with Crippen molar-refractivity contribution in [2.45, 2.75) is 52.2 Å². The predicted octanol–water partition coefficient (Wildman–Crippen LogP) is 2.16. The summed E-state index contributed by atoms with van der Waals surface area (Å²) in [4.78, 5) is 17.7. The Bertz CT molecular complexity index is 467. The molecule has 2 heterocycles. The summed E-state index contributed by atoms with van der Waals surface area (Å²) in [5, 5.41) is 0. The second-order valence-electron chi connectivity index (χ2n) is 8.62. The quantitative estimate of drug-likeness (QED) is 0.795. The van der Waals surface area contributed by atoms with Crippen LogP contribution in [0.15, 0.2) is 0 Å². The zero-order valence-electron chi connectivity index (χ0n) is 16.0. The summed E-state index contributed by atoms with van der Waals surface area (Å²) < 4.78 is 5.93. The maximum atomic E-state index is 13.2. The Hall–Kier alpha value is -0.0700. The average Bonchev–Trinajstić information content (AvgIpc) is 2.53. The Morgan fingerprint density at radius 1 is 1.20 bits per heavy atom. The molecular formula is C18H35Cl2N3O2. The predicted molar refractivity (Wildman–Crippen MR) is 106 cm³/mol. The van der Waals surface area contributed by atoms with Crippen LogP contribution in [-0.4, -0.2) is 66.7 Å². The summed E-state index contributed by atoms with van der Waals surface area (Å²) in [6, 6.07) is 0. The van der Waals surface area contributed by atoms with E-state index in [1.165, 1.54) is 0 Å². The molecule has 2 N–H and O–H groups in total. The van der Waals surface area contributed by atoms with Gasteiger partial charge in [0, 0.05) is 50.7 Å². The molecule has 0 aromatic carbocycles. The molecule has 7 heteroatoms. The number of hydrogen-bond donors (Lipinski definition) is 1. The van der Waals surface area contributed by atoms with E-state index < -0.39 is 5.54 Å². The van der Waals surface area contributed by atoms with Crippen LogP contribution in [0.4, 0.5) is 0 Å². The third kappa shape index (κ3) is 3.68. The van der Waals surface area contributed by atoms with Gasteiger partial charge in [-0.1, -0.05) is 27.7 Å². The molecule has 0 spiro atoms. The fourth-order valence-electron chi connectivity index (χ4n) is 4.92. The molecule has 0 radical (unpaired) electrons. The average molecular weight is 396 g/mol. The van der Waals surface area contributed by atoms with Crippen LogP contribution in [0.25, 0.3) is 0 Å². The summed E-state index contributed by atoms with van der Waals surface area (Å²) >= 11 is 0. The molecule has 25 heavy (non-hydrogen) atoms. The maximum absolute atomic E-state index is 13.2. The van der Waals surface area contributed by atoms with Crippen LogP contribution in [0.5, 0.6) is 0 Å². The van der Waals surface area contributed by atoms with Crippen molar-refractivity contribution in [3.8, 4) is 0 Å². The number of halogens is 2. The summed E-state index contributed by atoms with van der Waals surface area (Å²) in [7, 11) is 0. The number of carbonyl (C=O) groups is 1. The van der Waals surface area contributed by atoms with Crippen molar-refractivity contribution in [2.75, 3.05) is 39.3 Å². The van der Waals surface area contributed by atoms with Gasteiger partial charge in [0.05, 0.1) is 6.10 Å². The first-order valence-electron chi connectivity index (χ1n) is 9.20. The minimum Gasteiger partial charge on any atom is -0.377 e. The van der Waals surface area contributed by atoms with E-state index in [2.05, 4.69) is 32.6 Å². The number of hydrogen-bond acceptors (Lipinski definition) is 4. The van der Waals surface area contributed by atoms with Crippen molar-refractivity contribution < 1.29 is 9.53 Å². The molecule has 3 atom stereocenters. The van der Waals surface area contributed by atoms with Gasteiger partial charge in [-0.15, -0.1) is 24.8 Å². The lowest BCUT2D eigenvalue weighted by atomic mass is 9.46. The van der Waals surface area contributed by atoms with Crippen LogP contribution in [-0.2, 0) is 9.53 Å². The van der Waals surface area contributed by atoms with Gasteiger partial charge in [0.15, 0.2) is 0 Å². The highest BCUT2D eigenvalue weighted by molar-refractivity contribution is 5.89. The van der Waals surface area contributed by atoms with E-state index in [0.29, 0.717) is 5.92 Å². The molecule has 3 fully saturated rings. The molecule has 0 aromatic rings. The third-order valence-corrected chi connectivity index (χ3v) is 6.32. The number of nitrogens with two attached hydrogens (primary N) is 1. The van der Waals surface area contributed by atoms with Gasteiger partial charge in [-0.3, -0.25) is 9.69 Å². The number of rotatable bonds is 3. The van der Waals surface area contributed by atoms with Crippen LogP contribution in [0.1, 0.15) is 40.5 Å². The van der Waals surface area contributed by atoms with Crippen molar-refractivity contribution in [1.29, 1.82) is 0 Å². The molecule has 3 rings (SSSR count). The molecule has 1 saturated carbocycles. The Labute approximate surface area is 164 Å². The monoisotopic (exact) mass is 395 g/mol. The summed E-state index contributed by atoms with van der Waals surface area (Å²) in [6.45, 7) is 14.1. The second kappa shape index (κ2) is 8.30. The molecule has 148 valence electrons. The zero-order valence-corrected chi connectivity index (χ0v) is 17.6. The van der Waals surface area contributed by atoms with Crippen molar-refractivity contribution >= 4 is 30.7 Å². The molecule has 1 aliphatic carbocycles. The summed E-state index contributed by atoms with van der Waals surface area (Å²) in [6.07, 6.45) is 2.18. The SMILES string of the molecule is CC(C)CN1CCN(C(=O)C2(N)C3CCCOC3C2(C)C)CC1.Cl.Cl. The number of fused-ring (bicyclic) bond motifs is 1. The highest BCUT2D eigenvalue weighted by Crippen LogP contribution is 2.57.